The Hall–Kier alpha value is -1.76. The van der Waals surface area contributed by atoms with E-state index in [1.54, 1.807) is 12.3 Å². The van der Waals surface area contributed by atoms with Crippen molar-refractivity contribution in [3.63, 3.8) is 0 Å². The van der Waals surface area contributed by atoms with Crippen LogP contribution in [-0.4, -0.2) is 66.3 Å². The van der Waals surface area contributed by atoms with Gasteiger partial charge < -0.3 is 0 Å². The van der Waals surface area contributed by atoms with E-state index in [1.807, 2.05) is 18.2 Å². The molecule has 28 heavy (non-hydrogen) atoms. The van der Waals surface area contributed by atoms with Gasteiger partial charge in [0.1, 0.15) is 0 Å². The first-order chi connectivity index (χ1) is 13.6. The molecule has 4 saturated heterocycles. The summed E-state index contributed by atoms with van der Waals surface area (Å²) in [6.07, 6.45) is 1.69. The van der Waals surface area contributed by atoms with Crippen LogP contribution in [0.1, 0.15) is 11.1 Å². The van der Waals surface area contributed by atoms with Crippen molar-refractivity contribution in [2.45, 2.75) is 0 Å². The molecule has 4 fully saturated rings. The fourth-order valence-electron chi connectivity index (χ4n) is 4.78. The van der Waals surface area contributed by atoms with Gasteiger partial charge in [-0.05, 0) is 11.6 Å². The lowest BCUT2D eigenvalue weighted by Gasteiger charge is -2.60. The first-order valence-corrected chi connectivity index (χ1v) is 10.2. The van der Waals surface area contributed by atoms with Crippen LogP contribution in [0.15, 0.2) is 58.7 Å². The molecule has 0 saturated carbocycles. The SMILES string of the molecule is Clc1cccc(/C=N\N=C(\c2ccccc2)C23CN4CN(CN(C4)C2)C3)c1Cl. The second kappa shape index (κ2) is 7.25. The molecule has 6 rings (SSSR count). The molecule has 0 aliphatic carbocycles. The quantitative estimate of drug-likeness (QED) is 0.566. The minimum atomic E-state index is -0.0361. The molecule has 0 atom stereocenters. The van der Waals surface area contributed by atoms with Crippen LogP contribution < -0.4 is 0 Å². The standard InChI is InChI=1S/C21H21Cl2N5/c22-18-8-4-7-17(19(18)23)9-24-25-20(16-5-2-1-3-6-16)21-10-26-13-27(11-21)15-28(12-21)14-26/h1-9H,10-15H2/b24-9-,25-20-. The van der Waals surface area contributed by atoms with Crippen LogP contribution in [-0.2, 0) is 0 Å². The first kappa shape index (κ1) is 18.3. The zero-order chi connectivity index (χ0) is 19.1. The van der Waals surface area contributed by atoms with E-state index in [2.05, 4.69) is 44.1 Å². The van der Waals surface area contributed by atoms with Crippen LogP contribution in [0.4, 0.5) is 0 Å². The Balaban J connectivity index is 1.53. The molecular weight excluding hydrogens is 393 g/mol. The zero-order valence-corrected chi connectivity index (χ0v) is 16.9. The molecule has 5 nitrogen and oxygen atoms in total. The number of nitrogens with zero attached hydrogens (tertiary/aromatic N) is 5. The number of hydrogen-bond acceptors (Lipinski definition) is 5. The predicted molar refractivity (Wildman–Crippen MR) is 114 cm³/mol. The van der Waals surface area contributed by atoms with Crippen molar-refractivity contribution in [3.8, 4) is 0 Å². The van der Waals surface area contributed by atoms with Gasteiger partial charge in [0, 0.05) is 25.2 Å². The van der Waals surface area contributed by atoms with Crippen molar-refractivity contribution >= 4 is 35.1 Å². The average molecular weight is 414 g/mol. The summed E-state index contributed by atoms with van der Waals surface area (Å²) in [5.74, 6) is 0. The molecule has 0 aromatic heterocycles. The molecule has 144 valence electrons. The van der Waals surface area contributed by atoms with Crippen LogP contribution in [0.5, 0.6) is 0 Å². The van der Waals surface area contributed by atoms with E-state index in [4.69, 9.17) is 28.3 Å². The normalized spacial score (nSPS) is 31.6. The molecule has 4 aliphatic heterocycles. The summed E-state index contributed by atoms with van der Waals surface area (Å²) in [6, 6.07) is 15.9. The highest BCUT2D eigenvalue weighted by molar-refractivity contribution is 6.43. The van der Waals surface area contributed by atoms with Crippen LogP contribution in [0, 0.1) is 5.41 Å². The topological polar surface area (TPSA) is 34.4 Å². The van der Waals surface area contributed by atoms with Gasteiger partial charge in [-0.2, -0.15) is 10.2 Å². The molecule has 4 heterocycles. The lowest BCUT2D eigenvalue weighted by atomic mass is 9.74. The average Bonchev–Trinajstić information content (AvgIpc) is 2.68. The second-order valence-electron chi connectivity index (χ2n) is 7.89. The molecule has 4 bridgehead atoms. The van der Waals surface area contributed by atoms with E-state index in [0.29, 0.717) is 10.0 Å². The molecule has 0 N–H and O–H groups in total. The molecule has 0 amide bonds. The number of benzene rings is 2. The molecule has 2 aromatic carbocycles. The van der Waals surface area contributed by atoms with Gasteiger partial charge in [-0.25, -0.2) is 0 Å². The van der Waals surface area contributed by atoms with Crippen molar-refractivity contribution in [1.29, 1.82) is 0 Å². The summed E-state index contributed by atoms with van der Waals surface area (Å²) < 4.78 is 0. The van der Waals surface area contributed by atoms with Gasteiger partial charge in [0.05, 0.1) is 47.4 Å². The van der Waals surface area contributed by atoms with Gasteiger partial charge in [-0.15, -0.1) is 0 Å². The Bertz CT molecular complexity index is 906. The number of rotatable bonds is 4. The fourth-order valence-corrected chi connectivity index (χ4v) is 5.13. The summed E-state index contributed by atoms with van der Waals surface area (Å²) in [5.41, 5.74) is 2.90. The van der Waals surface area contributed by atoms with Crippen molar-refractivity contribution < 1.29 is 0 Å². The third kappa shape index (κ3) is 3.27. The Morgan fingerprint density at radius 3 is 2.14 bits per heavy atom. The predicted octanol–water partition coefficient (Wildman–Crippen LogP) is 3.62. The van der Waals surface area contributed by atoms with Gasteiger partial charge in [-0.3, -0.25) is 14.7 Å². The van der Waals surface area contributed by atoms with Gasteiger partial charge in [0.25, 0.3) is 0 Å². The van der Waals surface area contributed by atoms with Crippen LogP contribution in [0.3, 0.4) is 0 Å². The second-order valence-corrected chi connectivity index (χ2v) is 8.68. The number of halogens is 2. The minimum absolute atomic E-state index is 0.0361. The van der Waals surface area contributed by atoms with Crippen molar-refractivity contribution in [1.82, 2.24) is 14.7 Å². The molecule has 2 aromatic rings. The zero-order valence-electron chi connectivity index (χ0n) is 15.4. The fraction of sp³-hybridized carbons (Fsp3) is 0.333. The van der Waals surface area contributed by atoms with Gasteiger partial charge >= 0.3 is 0 Å². The number of hydrogen-bond donors (Lipinski definition) is 0. The molecule has 4 aliphatic rings. The lowest BCUT2D eigenvalue weighted by molar-refractivity contribution is -0.149. The van der Waals surface area contributed by atoms with E-state index in [9.17, 15) is 0 Å². The summed E-state index contributed by atoms with van der Waals surface area (Å²) >= 11 is 12.4. The monoisotopic (exact) mass is 413 g/mol. The van der Waals surface area contributed by atoms with E-state index in [-0.39, 0.29) is 5.41 Å². The van der Waals surface area contributed by atoms with Gasteiger partial charge in [-0.1, -0.05) is 65.7 Å². The van der Waals surface area contributed by atoms with Gasteiger partial charge in [0.15, 0.2) is 0 Å². The molecular formula is C21H21Cl2N5. The Kier molecular flexibility index (Phi) is 4.73. The first-order valence-electron chi connectivity index (χ1n) is 9.41. The van der Waals surface area contributed by atoms with Crippen molar-refractivity contribution in [2.75, 3.05) is 39.6 Å². The van der Waals surface area contributed by atoms with Gasteiger partial charge in [0.2, 0.25) is 0 Å². The summed E-state index contributed by atoms with van der Waals surface area (Å²) in [6.45, 7) is 6.18. The van der Waals surface area contributed by atoms with Crippen LogP contribution >= 0.6 is 23.2 Å². The molecule has 7 heteroatoms. The molecule has 0 radical (unpaired) electrons. The van der Waals surface area contributed by atoms with Crippen LogP contribution in [0.25, 0.3) is 0 Å². The Morgan fingerprint density at radius 1 is 0.857 bits per heavy atom. The Morgan fingerprint density at radius 2 is 1.50 bits per heavy atom. The molecule has 0 spiro atoms. The van der Waals surface area contributed by atoms with Crippen molar-refractivity contribution in [3.05, 3.63) is 69.7 Å². The largest absolute Gasteiger partial charge is 0.276 e. The molecule has 0 unspecified atom stereocenters. The highest BCUT2D eigenvalue weighted by Crippen LogP contribution is 2.38. The van der Waals surface area contributed by atoms with E-state index >= 15 is 0 Å². The maximum Gasteiger partial charge on any atom is 0.0802 e. The minimum Gasteiger partial charge on any atom is -0.276 e. The third-order valence-electron chi connectivity index (χ3n) is 5.66. The Labute approximate surface area is 174 Å². The smallest absolute Gasteiger partial charge is 0.0802 e. The van der Waals surface area contributed by atoms with Crippen molar-refractivity contribution in [2.24, 2.45) is 15.6 Å². The van der Waals surface area contributed by atoms with E-state index < -0.39 is 0 Å². The summed E-state index contributed by atoms with van der Waals surface area (Å²) in [5, 5.41) is 10.2. The maximum atomic E-state index is 6.29. The highest BCUT2D eigenvalue weighted by atomic mass is 35.5. The highest BCUT2D eigenvalue weighted by Gasteiger charge is 2.51. The van der Waals surface area contributed by atoms with E-state index in [1.165, 1.54) is 0 Å². The maximum absolute atomic E-state index is 6.29. The lowest BCUT2D eigenvalue weighted by Crippen LogP contribution is -2.74. The summed E-state index contributed by atoms with van der Waals surface area (Å²) in [4.78, 5) is 7.48. The third-order valence-corrected chi connectivity index (χ3v) is 6.50. The summed E-state index contributed by atoms with van der Waals surface area (Å²) in [7, 11) is 0. The van der Waals surface area contributed by atoms with E-state index in [0.717, 1.165) is 56.5 Å². The van der Waals surface area contributed by atoms with Crippen LogP contribution in [0.2, 0.25) is 10.0 Å².